The minimum Gasteiger partial charge on any atom is -0.490 e. The van der Waals surface area contributed by atoms with Gasteiger partial charge in [-0.05, 0) is 26.0 Å². The Labute approximate surface area is 119 Å². The Morgan fingerprint density at radius 1 is 1.53 bits per heavy atom. The third-order valence-corrected chi connectivity index (χ3v) is 3.83. The van der Waals surface area contributed by atoms with Gasteiger partial charge in [0.15, 0.2) is 5.75 Å². The average molecular weight is 331 g/mol. The summed E-state index contributed by atoms with van der Waals surface area (Å²) in [6.07, 6.45) is 0. The van der Waals surface area contributed by atoms with Crippen molar-refractivity contribution in [2.24, 2.45) is 0 Å². The molecule has 6 nitrogen and oxygen atoms in total. The molecular weight excluding hydrogens is 316 g/mol. The fourth-order valence-corrected chi connectivity index (χ4v) is 1.53. The molecule has 19 heavy (non-hydrogen) atoms. The molecule has 0 aliphatic rings. The number of carbonyl (C=O) groups excluding carboxylic acids is 1. The molecule has 0 saturated carbocycles. The number of carbonyl (C=O) groups is 1. The average Bonchev–Trinajstić information content (AvgIpc) is 2.37. The van der Waals surface area contributed by atoms with Crippen LogP contribution in [0, 0.1) is 10.1 Å². The van der Waals surface area contributed by atoms with Crippen LogP contribution >= 0.6 is 15.9 Å². The monoisotopic (exact) mass is 330 g/mol. The molecule has 0 saturated heterocycles. The summed E-state index contributed by atoms with van der Waals surface area (Å²) in [5.74, 6) is -0.239. The highest BCUT2D eigenvalue weighted by molar-refractivity contribution is 9.09. The third-order valence-electron chi connectivity index (χ3n) is 2.42. The quantitative estimate of drug-likeness (QED) is 0.511. The number of hydrogen-bond donors (Lipinski definition) is 1. The van der Waals surface area contributed by atoms with E-state index in [-0.39, 0.29) is 22.9 Å². The molecule has 1 rings (SSSR count). The van der Waals surface area contributed by atoms with Crippen LogP contribution in [-0.2, 0) is 0 Å². The van der Waals surface area contributed by atoms with Gasteiger partial charge in [0.25, 0.3) is 5.91 Å². The zero-order valence-corrected chi connectivity index (χ0v) is 12.5. The number of nitro groups is 1. The summed E-state index contributed by atoms with van der Waals surface area (Å²) >= 11 is 3.29. The Morgan fingerprint density at radius 3 is 2.63 bits per heavy atom. The third kappa shape index (κ3) is 3.92. The van der Waals surface area contributed by atoms with Crippen LogP contribution in [0.2, 0.25) is 0 Å². The van der Waals surface area contributed by atoms with Crippen molar-refractivity contribution in [2.75, 3.05) is 12.4 Å². The van der Waals surface area contributed by atoms with E-state index >= 15 is 0 Å². The maximum atomic E-state index is 12.0. The van der Waals surface area contributed by atoms with Crippen LogP contribution in [0.1, 0.15) is 24.2 Å². The minimum absolute atomic E-state index is 0.126. The number of alkyl halides is 1. The highest BCUT2D eigenvalue weighted by Gasteiger charge is 2.22. The van der Waals surface area contributed by atoms with Crippen molar-refractivity contribution >= 4 is 27.5 Å². The second-order valence-electron chi connectivity index (χ2n) is 4.62. The molecule has 104 valence electrons. The number of hydrogen-bond acceptors (Lipinski definition) is 4. The molecule has 0 bridgehead atoms. The molecule has 0 aliphatic carbocycles. The molecule has 1 aromatic carbocycles. The summed E-state index contributed by atoms with van der Waals surface area (Å²) < 4.78 is 4.88. The van der Waals surface area contributed by atoms with Gasteiger partial charge in [-0.2, -0.15) is 0 Å². The van der Waals surface area contributed by atoms with Crippen molar-refractivity contribution < 1.29 is 14.5 Å². The van der Waals surface area contributed by atoms with E-state index in [0.29, 0.717) is 5.33 Å². The van der Waals surface area contributed by atoms with E-state index in [2.05, 4.69) is 21.2 Å². The maximum absolute atomic E-state index is 12.0. The van der Waals surface area contributed by atoms with E-state index in [9.17, 15) is 14.9 Å². The van der Waals surface area contributed by atoms with Crippen LogP contribution in [0.4, 0.5) is 5.69 Å². The van der Waals surface area contributed by atoms with E-state index in [0.717, 1.165) is 0 Å². The number of nitro benzene ring substituents is 1. The molecule has 0 aromatic heterocycles. The number of ether oxygens (including phenoxy) is 1. The van der Waals surface area contributed by atoms with Gasteiger partial charge in [0, 0.05) is 22.5 Å². The zero-order valence-electron chi connectivity index (χ0n) is 10.9. The summed E-state index contributed by atoms with van der Waals surface area (Å²) in [7, 11) is 1.34. The predicted octanol–water partition coefficient (Wildman–Crippen LogP) is 2.51. The van der Waals surface area contributed by atoms with Crippen LogP contribution in [0.3, 0.4) is 0 Å². The Balaban J connectivity index is 3.06. The molecule has 1 amide bonds. The van der Waals surface area contributed by atoms with E-state index < -0.39 is 10.5 Å². The summed E-state index contributed by atoms with van der Waals surface area (Å²) in [5, 5.41) is 14.2. The van der Waals surface area contributed by atoms with Crippen LogP contribution in [-0.4, -0.2) is 28.8 Å². The van der Waals surface area contributed by atoms with Gasteiger partial charge in [-0.15, -0.1) is 0 Å². The molecule has 7 heteroatoms. The molecule has 0 atom stereocenters. The SMILES string of the molecule is COc1ccc(C(=O)NC(C)(C)CBr)cc1[N+](=O)[O-]. The number of methoxy groups -OCH3 is 1. The van der Waals surface area contributed by atoms with Gasteiger partial charge in [-0.25, -0.2) is 0 Å². The fourth-order valence-electron chi connectivity index (χ4n) is 1.39. The molecule has 0 fully saturated rings. The first-order chi connectivity index (χ1) is 8.80. The lowest BCUT2D eigenvalue weighted by molar-refractivity contribution is -0.385. The predicted molar refractivity (Wildman–Crippen MR) is 75.0 cm³/mol. The Bertz CT molecular complexity index is 503. The standard InChI is InChI=1S/C12H15BrN2O4/c1-12(2,7-13)14-11(16)8-4-5-10(19-3)9(6-8)15(17)18/h4-6H,7H2,1-3H3,(H,14,16). The zero-order chi connectivity index (χ0) is 14.6. The van der Waals surface area contributed by atoms with Crippen LogP contribution < -0.4 is 10.1 Å². The number of nitrogens with zero attached hydrogens (tertiary/aromatic N) is 1. The van der Waals surface area contributed by atoms with Gasteiger partial charge in [0.05, 0.1) is 12.0 Å². The normalized spacial score (nSPS) is 10.9. The fraction of sp³-hybridized carbons (Fsp3) is 0.417. The van der Waals surface area contributed by atoms with Gasteiger partial charge in [0.2, 0.25) is 0 Å². The molecule has 0 radical (unpaired) electrons. The Morgan fingerprint density at radius 2 is 2.16 bits per heavy atom. The van der Waals surface area contributed by atoms with Crippen molar-refractivity contribution in [1.29, 1.82) is 0 Å². The number of benzene rings is 1. The summed E-state index contributed by atoms with van der Waals surface area (Å²) in [4.78, 5) is 22.3. The second kappa shape index (κ2) is 6.01. The van der Waals surface area contributed by atoms with E-state index in [1.54, 1.807) is 0 Å². The highest BCUT2D eigenvalue weighted by atomic mass is 79.9. The van der Waals surface area contributed by atoms with Gasteiger partial charge in [-0.3, -0.25) is 14.9 Å². The number of amides is 1. The number of halogens is 1. The topological polar surface area (TPSA) is 81.5 Å². The van der Waals surface area contributed by atoms with Crippen LogP contribution in [0.25, 0.3) is 0 Å². The lowest BCUT2D eigenvalue weighted by Crippen LogP contribution is -2.44. The highest BCUT2D eigenvalue weighted by Crippen LogP contribution is 2.27. The van der Waals surface area contributed by atoms with Gasteiger partial charge in [-0.1, -0.05) is 15.9 Å². The lowest BCUT2D eigenvalue weighted by atomic mass is 10.1. The lowest BCUT2D eigenvalue weighted by Gasteiger charge is -2.23. The van der Waals surface area contributed by atoms with Crippen molar-refractivity contribution in [3.8, 4) is 5.75 Å². The first kappa shape index (κ1) is 15.4. The molecule has 1 N–H and O–H groups in total. The van der Waals surface area contributed by atoms with Crippen LogP contribution in [0.5, 0.6) is 5.75 Å². The first-order valence-electron chi connectivity index (χ1n) is 5.51. The summed E-state index contributed by atoms with van der Waals surface area (Å²) in [5.41, 5.74) is -0.445. The number of rotatable bonds is 5. The van der Waals surface area contributed by atoms with Gasteiger partial charge >= 0.3 is 5.69 Å². The van der Waals surface area contributed by atoms with E-state index in [1.165, 1.54) is 25.3 Å². The molecule has 0 unspecified atom stereocenters. The van der Waals surface area contributed by atoms with Crippen molar-refractivity contribution in [3.63, 3.8) is 0 Å². The van der Waals surface area contributed by atoms with E-state index in [1.807, 2.05) is 13.8 Å². The Hall–Kier alpha value is -1.63. The first-order valence-corrected chi connectivity index (χ1v) is 6.64. The minimum atomic E-state index is -0.578. The smallest absolute Gasteiger partial charge is 0.311 e. The molecule has 0 spiro atoms. The maximum Gasteiger partial charge on any atom is 0.311 e. The number of nitrogens with one attached hydrogen (secondary N) is 1. The van der Waals surface area contributed by atoms with Crippen LogP contribution in [0.15, 0.2) is 18.2 Å². The van der Waals surface area contributed by atoms with Crippen molar-refractivity contribution in [3.05, 3.63) is 33.9 Å². The van der Waals surface area contributed by atoms with E-state index in [4.69, 9.17) is 4.74 Å². The molecule has 0 heterocycles. The second-order valence-corrected chi connectivity index (χ2v) is 5.18. The van der Waals surface area contributed by atoms with Gasteiger partial charge < -0.3 is 10.1 Å². The largest absolute Gasteiger partial charge is 0.490 e. The van der Waals surface area contributed by atoms with Gasteiger partial charge in [0.1, 0.15) is 0 Å². The molecule has 1 aromatic rings. The summed E-state index contributed by atoms with van der Waals surface area (Å²) in [6.45, 7) is 3.69. The summed E-state index contributed by atoms with van der Waals surface area (Å²) in [6, 6.07) is 4.11. The van der Waals surface area contributed by atoms with Crippen molar-refractivity contribution in [1.82, 2.24) is 5.32 Å². The van der Waals surface area contributed by atoms with Crippen molar-refractivity contribution in [2.45, 2.75) is 19.4 Å². The Kier molecular flexibility index (Phi) is 4.88. The molecular formula is C12H15BrN2O4. The molecule has 0 aliphatic heterocycles.